The van der Waals surface area contributed by atoms with Gasteiger partial charge in [-0.05, 0) is 29.3 Å². The van der Waals surface area contributed by atoms with Gasteiger partial charge in [0.05, 0.1) is 0 Å². The number of hydrogen-bond donors (Lipinski definition) is 0. The van der Waals surface area contributed by atoms with Crippen molar-refractivity contribution in [2.24, 2.45) is 0 Å². The first-order chi connectivity index (χ1) is 7.34. The summed E-state index contributed by atoms with van der Waals surface area (Å²) in [7, 11) is 0. The van der Waals surface area contributed by atoms with E-state index in [2.05, 4.69) is 46.3 Å². The van der Waals surface area contributed by atoms with Crippen molar-refractivity contribution in [2.75, 3.05) is 0 Å². The van der Waals surface area contributed by atoms with E-state index in [1.54, 1.807) is 0 Å². The van der Waals surface area contributed by atoms with E-state index >= 15 is 0 Å². The van der Waals surface area contributed by atoms with Crippen LogP contribution in [0.25, 0.3) is 12.2 Å². The van der Waals surface area contributed by atoms with Crippen molar-refractivity contribution >= 4 is 28.1 Å². The molecule has 1 radical (unpaired) electrons. The molecule has 0 saturated carbocycles. The quantitative estimate of drug-likeness (QED) is 0.699. The standard InChI is InChI=1S/C14H10Br/c15-14-10-8-13(9-11-14)7-6-12-4-2-1-3-5-12/h2-11H. The van der Waals surface area contributed by atoms with E-state index in [9.17, 15) is 0 Å². The van der Waals surface area contributed by atoms with Crippen LogP contribution in [0.3, 0.4) is 0 Å². The molecule has 0 N–H and O–H groups in total. The molecule has 2 rings (SSSR count). The van der Waals surface area contributed by atoms with Crippen LogP contribution in [0.2, 0.25) is 0 Å². The van der Waals surface area contributed by atoms with Crippen LogP contribution in [-0.2, 0) is 0 Å². The topological polar surface area (TPSA) is 0 Å². The fraction of sp³-hybridized carbons (Fsp3) is 0. The van der Waals surface area contributed by atoms with Crippen LogP contribution in [0.4, 0.5) is 0 Å². The summed E-state index contributed by atoms with van der Waals surface area (Å²) in [6.45, 7) is 0. The van der Waals surface area contributed by atoms with Gasteiger partial charge in [-0.1, -0.05) is 64.5 Å². The second kappa shape index (κ2) is 4.94. The Morgan fingerprint density at radius 3 is 1.93 bits per heavy atom. The zero-order valence-corrected chi connectivity index (χ0v) is 9.74. The molecule has 0 atom stereocenters. The molecule has 0 aliphatic heterocycles. The van der Waals surface area contributed by atoms with Gasteiger partial charge in [0, 0.05) is 4.47 Å². The van der Waals surface area contributed by atoms with Gasteiger partial charge in [-0.3, -0.25) is 0 Å². The molecule has 0 aliphatic carbocycles. The maximum Gasteiger partial charge on any atom is 0.0175 e. The third-order valence-electron chi connectivity index (χ3n) is 2.08. The molecule has 0 fully saturated rings. The van der Waals surface area contributed by atoms with Crippen LogP contribution in [0.5, 0.6) is 0 Å². The Bertz CT molecular complexity index is 441. The Morgan fingerprint density at radius 2 is 1.33 bits per heavy atom. The first kappa shape index (κ1) is 10.2. The van der Waals surface area contributed by atoms with E-state index in [-0.39, 0.29) is 0 Å². The van der Waals surface area contributed by atoms with Crippen LogP contribution in [0.1, 0.15) is 11.1 Å². The average molecular weight is 258 g/mol. The Balaban J connectivity index is 2.15. The van der Waals surface area contributed by atoms with E-state index < -0.39 is 0 Å². The van der Waals surface area contributed by atoms with E-state index in [1.807, 2.05) is 36.4 Å². The Morgan fingerprint density at radius 1 is 0.800 bits per heavy atom. The third-order valence-corrected chi connectivity index (χ3v) is 2.61. The molecular formula is C14H10Br. The lowest BCUT2D eigenvalue weighted by molar-refractivity contribution is 1.61. The summed E-state index contributed by atoms with van der Waals surface area (Å²) in [5.74, 6) is 0. The average Bonchev–Trinajstić information content (AvgIpc) is 2.30. The minimum Gasteiger partial charge on any atom is -0.0544 e. The van der Waals surface area contributed by atoms with Crippen LogP contribution in [-0.4, -0.2) is 0 Å². The van der Waals surface area contributed by atoms with Crippen LogP contribution >= 0.6 is 15.9 Å². The smallest absolute Gasteiger partial charge is 0.0175 e. The van der Waals surface area contributed by atoms with Gasteiger partial charge in [0.15, 0.2) is 0 Å². The van der Waals surface area contributed by atoms with E-state index in [0.717, 1.165) is 4.47 Å². The summed E-state index contributed by atoms with van der Waals surface area (Å²) in [5.41, 5.74) is 2.39. The van der Waals surface area contributed by atoms with Gasteiger partial charge >= 0.3 is 0 Å². The highest BCUT2D eigenvalue weighted by molar-refractivity contribution is 9.10. The van der Waals surface area contributed by atoms with Crippen molar-refractivity contribution in [1.29, 1.82) is 0 Å². The summed E-state index contributed by atoms with van der Waals surface area (Å²) in [4.78, 5) is 0. The summed E-state index contributed by atoms with van der Waals surface area (Å²) in [5, 5.41) is 0. The molecular weight excluding hydrogens is 248 g/mol. The van der Waals surface area contributed by atoms with Crippen molar-refractivity contribution in [2.45, 2.75) is 0 Å². The van der Waals surface area contributed by atoms with Crippen molar-refractivity contribution < 1.29 is 0 Å². The predicted octanol–water partition coefficient (Wildman–Crippen LogP) is 4.42. The van der Waals surface area contributed by atoms with E-state index in [1.165, 1.54) is 11.1 Å². The minimum absolute atomic E-state index is 1.11. The maximum absolute atomic E-state index is 3.41. The minimum atomic E-state index is 1.11. The summed E-state index contributed by atoms with van der Waals surface area (Å²) < 4.78 is 1.11. The summed E-state index contributed by atoms with van der Waals surface area (Å²) in [6, 6.07) is 19.1. The molecule has 73 valence electrons. The third kappa shape index (κ3) is 3.07. The Kier molecular flexibility index (Phi) is 3.36. The fourth-order valence-corrected chi connectivity index (χ4v) is 1.54. The van der Waals surface area contributed by atoms with E-state index in [4.69, 9.17) is 0 Å². The first-order valence-electron chi connectivity index (χ1n) is 4.74. The molecule has 0 saturated heterocycles. The zero-order chi connectivity index (χ0) is 10.5. The van der Waals surface area contributed by atoms with Gasteiger partial charge in [-0.25, -0.2) is 0 Å². The molecule has 0 bridgehead atoms. The molecule has 0 spiro atoms. The highest BCUT2D eigenvalue weighted by Crippen LogP contribution is 2.12. The second-order valence-corrected chi connectivity index (χ2v) is 4.13. The molecule has 2 aromatic carbocycles. The van der Waals surface area contributed by atoms with Crippen molar-refractivity contribution in [3.8, 4) is 0 Å². The molecule has 2 aromatic rings. The van der Waals surface area contributed by atoms with Crippen molar-refractivity contribution in [3.05, 3.63) is 70.2 Å². The number of halogens is 1. The molecule has 1 heteroatoms. The molecule has 15 heavy (non-hydrogen) atoms. The predicted molar refractivity (Wildman–Crippen MR) is 68.3 cm³/mol. The lowest BCUT2D eigenvalue weighted by atomic mass is 10.1. The summed E-state index contributed by atoms with van der Waals surface area (Å²) >= 11 is 3.41. The van der Waals surface area contributed by atoms with Gasteiger partial charge in [-0.15, -0.1) is 0 Å². The number of benzene rings is 2. The van der Waals surface area contributed by atoms with Gasteiger partial charge in [0.25, 0.3) is 0 Å². The van der Waals surface area contributed by atoms with Crippen LogP contribution in [0, 0.1) is 6.07 Å². The van der Waals surface area contributed by atoms with Gasteiger partial charge in [0.1, 0.15) is 0 Å². The molecule has 0 heterocycles. The zero-order valence-electron chi connectivity index (χ0n) is 8.15. The van der Waals surface area contributed by atoms with Gasteiger partial charge in [-0.2, -0.15) is 0 Å². The lowest BCUT2D eigenvalue weighted by Crippen LogP contribution is -1.72. The largest absolute Gasteiger partial charge is 0.0544 e. The second-order valence-electron chi connectivity index (χ2n) is 3.22. The first-order valence-corrected chi connectivity index (χ1v) is 5.54. The van der Waals surface area contributed by atoms with Crippen LogP contribution < -0.4 is 0 Å². The fourth-order valence-electron chi connectivity index (χ4n) is 1.28. The Labute approximate surface area is 98.4 Å². The highest BCUT2D eigenvalue weighted by Gasteiger charge is 1.87. The van der Waals surface area contributed by atoms with Crippen molar-refractivity contribution in [3.63, 3.8) is 0 Å². The van der Waals surface area contributed by atoms with E-state index in [0.29, 0.717) is 0 Å². The maximum atomic E-state index is 3.41. The number of hydrogen-bond acceptors (Lipinski definition) is 0. The normalized spacial score (nSPS) is 10.7. The molecule has 0 aliphatic rings. The Hall–Kier alpha value is -1.34. The molecule has 0 nitrogen and oxygen atoms in total. The van der Waals surface area contributed by atoms with Crippen LogP contribution in [0.15, 0.2) is 53.0 Å². The van der Waals surface area contributed by atoms with Gasteiger partial charge in [0.2, 0.25) is 0 Å². The number of rotatable bonds is 2. The monoisotopic (exact) mass is 257 g/mol. The molecule has 0 aromatic heterocycles. The summed E-state index contributed by atoms with van der Waals surface area (Å²) in [6.07, 6.45) is 4.19. The molecule has 0 unspecified atom stereocenters. The molecule has 0 amide bonds. The SMILES string of the molecule is Brc1ccc(C=Cc2cc[c]cc2)cc1. The van der Waals surface area contributed by atoms with Crippen molar-refractivity contribution in [1.82, 2.24) is 0 Å². The highest BCUT2D eigenvalue weighted by atomic mass is 79.9. The van der Waals surface area contributed by atoms with Gasteiger partial charge < -0.3 is 0 Å². The lowest BCUT2D eigenvalue weighted by Gasteiger charge is -1.94.